The van der Waals surface area contributed by atoms with Crippen LogP contribution in [-0.2, 0) is 16.1 Å². The molecule has 2 N–H and O–H groups in total. The van der Waals surface area contributed by atoms with Crippen molar-refractivity contribution in [1.82, 2.24) is 25.4 Å². The fraction of sp³-hybridized carbons (Fsp3) is 0.250. The number of amides is 2. The van der Waals surface area contributed by atoms with E-state index in [0.29, 0.717) is 33.7 Å². The number of nitrogens with zero attached hydrogens (tertiary/aromatic N) is 3. The van der Waals surface area contributed by atoms with E-state index in [-0.39, 0.29) is 6.61 Å². The molecular weight excluding hydrogens is 474 g/mol. The maximum Gasteiger partial charge on any atom is 0.338 e. The number of aryl methyl sites for hydroxylation is 1. The third-order valence-corrected chi connectivity index (χ3v) is 6.53. The van der Waals surface area contributed by atoms with Crippen molar-refractivity contribution in [3.8, 4) is 0 Å². The normalized spacial score (nSPS) is 15.6. The number of hydrogen-bond acceptors (Lipinski definition) is 6. The second kappa shape index (κ2) is 10.8. The van der Waals surface area contributed by atoms with Crippen LogP contribution >= 0.6 is 23.4 Å². The van der Waals surface area contributed by atoms with Crippen molar-refractivity contribution in [1.29, 1.82) is 0 Å². The van der Waals surface area contributed by atoms with E-state index in [1.54, 1.807) is 31.2 Å². The van der Waals surface area contributed by atoms with E-state index < -0.39 is 18.0 Å². The molecule has 3 aromatic rings. The van der Waals surface area contributed by atoms with Crippen molar-refractivity contribution < 1.29 is 14.3 Å². The molecule has 10 heteroatoms. The highest BCUT2D eigenvalue weighted by molar-refractivity contribution is 7.99. The first-order valence-corrected chi connectivity index (χ1v) is 12.1. The van der Waals surface area contributed by atoms with Crippen LogP contribution in [0.15, 0.2) is 71.0 Å². The molecule has 1 aliphatic rings. The Morgan fingerprint density at radius 1 is 1.15 bits per heavy atom. The third-order valence-electron chi connectivity index (χ3n) is 5.28. The number of hydrogen-bond donors (Lipinski definition) is 2. The minimum Gasteiger partial charge on any atom is -0.463 e. The summed E-state index contributed by atoms with van der Waals surface area (Å²) in [6, 6.07) is 16.0. The monoisotopic (exact) mass is 497 g/mol. The second-order valence-electron chi connectivity index (χ2n) is 7.59. The van der Waals surface area contributed by atoms with Gasteiger partial charge in [0.25, 0.3) is 0 Å². The van der Waals surface area contributed by atoms with Crippen LogP contribution in [0.1, 0.15) is 29.9 Å². The fourth-order valence-corrected chi connectivity index (χ4v) is 4.72. The van der Waals surface area contributed by atoms with Crippen molar-refractivity contribution in [3.05, 3.63) is 87.8 Å². The van der Waals surface area contributed by atoms with Crippen LogP contribution in [0.5, 0.6) is 0 Å². The molecule has 176 valence electrons. The number of rotatable bonds is 8. The number of aromatic nitrogens is 3. The SMILES string of the molecule is CCOC(=O)C1=C(CSc2nnc(C)n2Cc2ccccc2)NC(=O)NC1c1ccc(Cl)cc1. The van der Waals surface area contributed by atoms with Gasteiger partial charge in [0.05, 0.1) is 24.8 Å². The van der Waals surface area contributed by atoms with Crippen LogP contribution in [0.2, 0.25) is 5.02 Å². The average Bonchev–Trinajstić information content (AvgIpc) is 3.17. The first-order valence-electron chi connectivity index (χ1n) is 10.8. The molecular formula is C24H24ClN5O3S. The average molecular weight is 498 g/mol. The summed E-state index contributed by atoms with van der Waals surface area (Å²) in [4.78, 5) is 25.4. The predicted molar refractivity (Wildman–Crippen MR) is 131 cm³/mol. The molecule has 0 saturated heterocycles. The molecule has 4 rings (SSSR count). The lowest BCUT2D eigenvalue weighted by atomic mass is 9.95. The molecule has 2 aromatic carbocycles. The minimum atomic E-state index is -0.662. The third kappa shape index (κ3) is 5.43. The quantitative estimate of drug-likeness (QED) is 0.356. The van der Waals surface area contributed by atoms with Gasteiger partial charge in [-0.3, -0.25) is 0 Å². The Hall–Kier alpha value is -3.30. The summed E-state index contributed by atoms with van der Waals surface area (Å²) in [6.07, 6.45) is 0. The van der Waals surface area contributed by atoms with Gasteiger partial charge in [0.2, 0.25) is 0 Å². The predicted octanol–water partition coefficient (Wildman–Crippen LogP) is 4.25. The zero-order chi connectivity index (χ0) is 24.1. The number of nitrogens with one attached hydrogen (secondary N) is 2. The summed E-state index contributed by atoms with van der Waals surface area (Å²) in [5.74, 6) is 0.588. The van der Waals surface area contributed by atoms with Crippen LogP contribution in [0.4, 0.5) is 4.79 Å². The zero-order valence-corrected chi connectivity index (χ0v) is 20.3. The highest BCUT2D eigenvalue weighted by Crippen LogP contribution is 2.31. The molecule has 0 saturated carbocycles. The molecule has 8 nitrogen and oxygen atoms in total. The molecule has 1 atom stereocenters. The van der Waals surface area contributed by atoms with Crippen molar-refractivity contribution in [2.75, 3.05) is 12.4 Å². The molecule has 34 heavy (non-hydrogen) atoms. The van der Waals surface area contributed by atoms with Crippen molar-refractivity contribution in [2.45, 2.75) is 31.6 Å². The van der Waals surface area contributed by atoms with Gasteiger partial charge < -0.3 is 19.9 Å². The van der Waals surface area contributed by atoms with Crippen LogP contribution in [0.3, 0.4) is 0 Å². The Morgan fingerprint density at radius 3 is 2.59 bits per heavy atom. The van der Waals surface area contributed by atoms with Gasteiger partial charge in [0.1, 0.15) is 5.82 Å². The van der Waals surface area contributed by atoms with E-state index in [0.717, 1.165) is 17.0 Å². The van der Waals surface area contributed by atoms with E-state index >= 15 is 0 Å². The Kier molecular flexibility index (Phi) is 7.54. The number of halogens is 1. The highest BCUT2D eigenvalue weighted by atomic mass is 35.5. The topological polar surface area (TPSA) is 98.1 Å². The summed E-state index contributed by atoms with van der Waals surface area (Å²) in [6.45, 7) is 4.47. The molecule has 0 aliphatic carbocycles. The van der Waals surface area contributed by atoms with Crippen molar-refractivity contribution >= 4 is 35.4 Å². The number of esters is 1. The van der Waals surface area contributed by atoms with Gasteiger partial charge >= 0.3 is 12.0 Å². The lowest BCUT2D eigenvalue weighted by Crippen LogP contribution is -2.46. The second-order valence-corrected chi connectivity index (χ2v) is 8.96. The van der Waals surface area contributed by atoms with Gasteiger partial charge in [0.15, 0.2) is 5.16 Å². The van der Waals surface area contributed by atoms with Crippen LogP contribution < -0.4 is 10.6 Å². The Balaban J connectivity index is 1.64. The van der Waals surface area contributed by atoms with Gasteiger partial charge in [0, 0.05) is 16.5 Å². The molecule has 0 spiro atoms. The lowest BCUT2D eigenvalue weighted by molar-refractivity contribution is -0.139. The standard InChI is InChI=1S/C24H24ClN5O3S/c1-3-33-22(31)20-19(26-23(32)27-21(20)17-9-11-18(25)12-10-17)14-34-24-29-28-15(2)30(24)13-16-7-5-4-6-8-16/h4-12,21H,3,13-14H2,1-2H3,(H2,26,27,32). The van der Waals surface area contributed by atoms with E-state index in [4.69, 9.17) is 16.3 Å². The highest BCUT2D eigenvalue weighted by Gasteiger charge is 2.34. The van der Waals surface area contributed by atoms with E-state index in [1.807, 2.05) is 41.8 Å². The van der Waals surface area contributed by atoms with Crippen molar-refractivity contribution in [2.24, 2.45) is 0 Å². The zero-order valence-electron chi connectivity index (χ0n) is 18.7. The Bertz CT molecular complexity index is 1210. The van der Waals surface area contributed by atoms with E-state index in [9.17, 15) is 9.59 Å². The van der Waals surface area contributed by atoms with Crippen molar-refractivity contribution in [3.63, 3.8) is 0 Å². The molecule has 2 heterocycles. The maximum atomic E-state index is 12.9. The smallest absolute Gasteiger partial charge is 0.338 e. The van der Waals surface area contributed by atoms with Gasteiger partial charge in [-0.15, -0.1) is 10.2 Å². The number of benzene rings is 2. The minimum absolute atomic E-state index is 0.217. The Labute approximate surface area is 206 Å². The van der Waals surface area contributed by atoms with E-state index in [2.05, 4.69) is 20.8 Å². The fourth-order valence-electron chi connectivity index (χ4n) is 3.64. The van der Waals surface area contributed by atoms with Crippen LogP contribution in [0, 0.1) is 6.92 Å². The Morgan fingerprint density at radius 2 is 1.88 bits per heavy atom. The van der Waals surface area contributed by atoms with Gasteiger partial charge in [-0.2, -0.15) is 0 Å². The van der Waals surface area contributed by atoms with Crippen LogP contribution in [0.25, 0.3) is 0 Å². The molecule has 0 bridgehead atoms. The summed E-state index contributed by atoms with van der Waals surface area (Å²) >= 11 is 7.42. The molecule has 2 amide bonds. The molecule has 0 fully saturated rings. The summed E-state index contributed by atoms with van der Waals surface area (Å²) in [5, 5.41) is 15.4. The molecule has 1 aromatic heterocycles. The summed E-state index contributed by atoms with van der Waals surface area (Å²) < 4.78 is 7.33. The van der Waals surface area contributed by atoms with E-state index in [1.165, 1.54) is 11.8 Å². The summed E-state index contributed by atoms with van der Waals surface area (Å²) in [5.41, 5.74) is 2.67. The van der Waals surface area contributed by atoms with Gasteiger partial charge in [-0.1, -0.05) is 65.8 Å². The largest absolute Gasteiger partial charge is 0.463 e. The van der Waals surface area contributed by atoms with Gasteiger partial charge in [-0.05, 0) is 37.1 Å². The lowest BCUT2D eigenvalue weighted by Gasteiger charge is -2.29. The molecule has 1 unspecified atom stereocenters. The molecule has 1 aliphatic heterocycles. The number of carbonyl (C=O) groups excluding carboxylic acids is 2. The number of urea groups is 1. The molecule has 0 radical (unpaired) electrons. The first-order chi connectivity index (χ1) is 16.5. The maximum absolute atomic E-state index is 12.9. The van der Waals surface area contributed by atoms with Gasteiger partial charge in [-0.25, -0.2) is 9.59 Å². The summed E-state index contributed by atoms with van der Waals surface area (Å²) in [7, 11) is 0. The number of ether oxygens (including phenoxy) is 1. The number of carbonyl (C=O) groups is 2. The number of thioether (sulfide) groups is 1. The first kappa shape index (κ1) is 23.8. The van der Waals surface area contributed by atoms with Crippen LogP contribution in [-0.4, -0.2) is 39.1 Å².